The number of hydrogen-bond acceptors (Lipinski definition) is 2. The Kier molecular flexibility index (Phi) is 12.2. The molecule has 4 heteroatoms. The number of aryl methyl sites for hydroxylation is 12. The molecule has 0 aromatic heterocycles. The van der Waals surface area contributed by atoms with Gasteiger partial charge in [-0.3, -0.25) is 0 Å². The minimum absolute atomic E-state index is 0.105. The van der Waals surface area contributed by atoms with Crippen molar-refractivity contribution >= 4 is 53.7 Å². The Morgan fingerprint density at radius 1 is 0.489 bits per heavy atom. The van der Waals surface area contributed by atoms with E-state index < -0.39 is 35.5 Å². The van der Waals surface area contributed by atoms with Gasteiger partial charge in [0.15, 0.2) is 0 Å². The molecular weight excluding hydrogens is 670 g/mol. The Labute approximate surface area is 285 Å². The van der Waals surface area contributed by atoms with E-state index in [2.05, 4.69) is 132 Å². The van der Waals surface area contributed by atoms with Crippen LogP contribution in [0.2, 0.25) is 0 Å². The van der Waals surface area contributed by atoms with Crippen LogP contribution in [-0.4, -0.2) is 36.1 Å². The van der Waals surface area contributed by atoms with Crippen molar-refractivity contribution in [1.82, 2.24) is 0 Å². The van der Waals surface area contributed by atoms with E-state index >= 15 is 0 Å². The van der Waals surface area contributed by atoms with Gasteiger partial charge >= 0.3 is 287 Å². The van der Waals surface area contributed by atoms with Gasteiger partial charge in [-0.05, 0) is 0 Å². The summed E-state index contributed by atoms with van der Waals surface area (Å²) in [6.07, 6.45) is 0. The maximum absolute atomic E-state index is 12.8. The van der Waals surface area contributed by atoms with Crippen LogP contribution in [0.5, 0.6) is 0 Å². The predicted octanol–water partition coefficient (Wildman–Crippen LogP) is 7.16. The van der Waals surface area contributed by atoms with E-state index in [0.717, 1.165) is 0 Å². The Bertz CT molecular complexity index is 1520. The zero-order valence-corrected chi connectivity index (χ0v) is 35.0. The summed E-state index contributed by atoms with van der Waals surface area (Å²) in [5.41, 5.74) is 15.6. The molecule has 0 atom stereocenters. The molecule has 0 aliphatic carbocycles. The summed E-state index contributed by atoms with van der Waals surface area (Å²) in [6.45, 7) is 32.1. The molecule has 0 spiro atoms. The second-order valence-corrected chi connectivity index (χ2v) is 21.2. The standard InChI is InChI=1S/C23H31GeO2.C18H23Ge/c1-14-10-16(3)20(17(4)11-14)24(26-22(25)23(7,8)9)21-18(5)12-15(2)13-19(21)6;1-11-7-13(3)17(14(4)8-11)19-18-15(5)9-12(2)10-16(18)6/h10-13H,1-9H3;7-10,19H,1-6H3. The Balaban J connectivity index is 0.000000257. The topological polar surface area (TPSA) is 26.3 Å². The molecule has 2 nitrogen and oxygen atoms in total. The normalized spacial score (nSPS) is 11.4. The first-order valence-electron chi connectivity index (χ1n) is 16.1. The third-order valence-electron chi connectivity index (χ3n) is 8.38. The van der Waals surface area contributed by atoms with Crippen LogP contribution >= 0.6 is 0 Å². The van der Waals surface area contributed by atoms with E-state index in [9.17, 15) is 4.79 Å². The van der Waals surface area contributed by atoms with Gasteiger partial charge in [0.2, 0.25) is 0 Å². The number of benzene rings is 4. The second-order valence-electron chi connectivity index (χ2n) is 14.3. The Hall–Kier alpha value is -2.56. The van der Waals surface area contributed by atoms with Gasteiger partial charge < -0.3 is 0 Å². The van der Waals surface area contributed by atoms with Crippen LogP contribution in [0.15, 0.2) is 48.5 Å². The van der Waals surface area contributed by atoms with Gasteiger partial charge in [0.1, 0.15) is 0 Å². The molecule has 0 heterocycles. The van der Waals surface area contributed by atoms with E-state index in [0.29, 0.717) is 0 Å². The molecule has 0 fully saturated rings. The van der Waals surface area contributed by atoms with Crippen molar-refractivity contribution in [2.45, 2.75) is 104 Å². The van der Waals surface area contributed by atoms with Crippen LogP contribution < -0.4 is 17.6 Å². The minimum atomic E-state index is -2.51. The van der Waals surface area contributed by atoms with Gasteiger partial charge in [0, 0.05) is 0 Å². The molecule has 0 aliphatic heterocycles. The first-order chi connectivity index (χ1) is 20.8. The van der Waals surface area contributed by atoms with Crippen molar-refractivity contribution < 1.29 is 8.56 Å². The van der Waals surface area contributed by atoms with Gasteiger partial charge in [-0.2, -0.15) is 0 Å². The number of hydrogen-bond donors (Lipinski definition) is 0. The Morgan fingerprint density at radius 2 is 0.733 bits per heavy atom. The molecule has 0 unspecified atom stereocenters. The first kappa shape index (κ1) is 36.9. The van der Waals surface area contributed by atoms with Gasteiger partial charge in [-0.1, -0.05) is 0 Å². The molecule has 0 bridgehead atoms. The van der Waals surface area contributed by atoms with Crippen LogP contribution in [-0.2, 0) is 8.56 Å². The van der Waals surface area contributed by atoms with Crippen LogP contribution in [0.4, 0.5) is 0 Å². The van der Waals surface area contributed by atoms with E-state index in [1.165, 1.54) is 75.6 Å². The van der Waals surface area contributed by atoms with Crippen molar-refractivity contribution in [2.24, 2.45) is 5.41 Å². The van der Waals surface area contributed by atoms with Crippen molar-refractivity contribution in [3.05, 3.63) is 115 Å². The summed E-state index contributed by atoms with van der Waals surface area (Å²) >= 11 is -3.07. The quantitative estimate of drug-likeness (QED) is 0.205. The third-order valence-corrected chi connectivity index (χ3v) is 19.4. The molecule has 2 radical (unpaired) electrons. The molecule has 0 saturated heterocycles. The van der Waals surface area contributed by atoms with Crippen molar-refractivity contribution in [3.8, 4) is 0 Å². The molecule has 4 aromatic rings. The van der Waals surface area contributed by atoms with Crippen LogP contribution in [0.1, 0.15) is 87.5 Å². The number of rotatable bonds is 5. The fourth-order valence-electron chi connectivity index (χ4n) is 6.53. The van der Waals surface area contributed by atoms with Crippen molar-refractivity contribution in [3.63, 3.8) is 0 Å². The van der Waals surface area contributed by atoms with Crippen LogP contribution in [0, 0.1) is 88.5 Å². The van der Waals surface area contributed by atoms with Crippen molar-refractivity contribution in [1.29, 1.82) is 0 Å². The molecular formula is C41H54Ge2O2. The van der Waals surface area contributed by atoms with E-state index in [1.807, 2.05) is 20.8 Å². The van der Waals surface area contributed by atoms with E-state index in [1.54, 1.807) is 8.79 Å². The van der Waals surface area contributed by atoms with E-state index in [4.69, 9.17) is 3.76 Å². The summed E-state index contributed by atoms with van der Waals surface area (Å²) in [7, 11) is 0. The Morgan fingerprint density at radius 3 is 0.978 bits per heavy atom. The maximum atomic E-state index is 12.8. The van der Waals surface area contributed by atoms with Gasteiger partial charge in [-0.15, -0.1) is 0 Å². The summed E-state index contributed by atoms with van der Waals surface area (Å²) < 4.78 is 12.1. The second kappa shape index (κ2) is 14.9. The summed E-state index contributed by atoms with van der Waals surface area (Å²) in [5.74, 6) is -0.105. The van der Waals surface area contributed by atoms with Crippen LogP contribution in [0.25, 0.3) is 0 Å². The zero-order chi connectivity index (χ0) is 34.0. The molecule has 4 aromatic carbocycles. The average Bonchev–Trinajstić information content (AvgIpc) is 2.85. The fraction of sp³-hybridized carbons (Fsp3) is 0.390. The molecule has 238 valence electrons. The molecule has 0 N–H and O–H groups in total. The van der Waals surface area contributed by atoms with Gasteiger partial charge in [0.05, 0.1) is 0 Å². The number of carbonyl (C=O) groups excluding carboxylic acids is 1. The van der Waals surface area contributed by atoms with E-state index in [-0.39, 0.29) is 5.97 Å². The van der Waals surface area contributed by atoms with Crippen LogP contribution in [0.3, 0.4) is 0 Å². The summed E-state index contributed by atoms with van der Waals surface area (Å²) in [5, 5.41) is 0. The first-order valence-corrected chi connectivity index (χ1v) is 21.4. The average molecular weight is 724 g/mol. The van der Waals surface area contributed by atoms with Gasteiger partial charge in [0.25, 0.3) is 0 Å². The zero-order valence-electron chi connectivity index (χ0n) is 30.5. The molecule has 0 aliphatic rings. The number of carbonyl (C=O) groups is 1. The summed E-state index contributed by atoms with van der Waals surface area (Å²) in [4.78, 5) is 12.8. The van der Waals surface area contributed by atoms with Crippen molar-refractivity contribution in [2.75, 3.05) is 0 Å². The monoisotopic (exact) mass is 726 g/mol. The third kappa shape index (κ3) is 9.26. The van der Waals surface area contributed by atoms with Gasteiger partial charge in [-0.25, -0.2) is 0 Å². The SMILES string of the molecule is Cc1cc(C)[c]([GeH][c]2c(C)cc(C)cc2C)c(C)c1.Cc1cc(C)[c]([Ge]([O]C(=O)C(C)(C)C)[c]2c(C)cc(C)cc2C)c(C)c1. The molecule has 0 saturated carbocycles. The fourth-order valence-corrected chi connectivity index (χ4v) is 15.3. The predicted molar refractivity (Wildman–Crippen MR) is 200 cm³/mol. The molecule has 45 heavy (non-hydrogen) atoms. The molecule has 4 rings (SSSR count). The molecule has 0 amide bonds. The summed E-state index contributed by atoms with van der Waals surface area (Å²) in [6, 6.07) is 18.2.